The van der Waals surface area contributed by atoms with Crippen molar-refractivity contribution in [3.05, 3.63) is 34.9 Å². The fourth-order valence-electron chi connectivity index (χ4n) is 3.48. The molecule has 3 heteroatoms. The van der Waals surface area contributed by atoms with Crippen molar-refractivity contribution in [1.29, 1.82) is 0 Å². The first-order valence-corrected chi connectivity index (χ1v) is 8.20. The minimum atomic E-state index is 0.516. The fourth-order valence-corrected chi connectivity index (χ4v) is 3.48. The lowest BCUT2D eigenvalue weighted by atomic mass is 9.91. The van der Waals surface area contributed by atoms with Gasteiger partial charge in [0.1, 0.15) is 0 Å². The maximum Gasteiger partial charge on any atom is 0.0377 e. The summed E-state index contributed by atoms with van der Waals surface area (Å²) in [6.07, 6.45) is 1.12. The quantitative estimate of drug-likeness (QED) is 0.895. The lowest BCUT2D eigenvalue weighted by Crippen LogP contribution is -2.59. The van der Waals surface area contributed by atoms with Crippen LogP contribution in [0.2, 0.25) is 0 Å². The third-order valence-corrected chi connectivity index (χ3v) is 4.90. The number of piperazine rings is 1. The minimum Gasteiger partial charge on any atom is -0.312 e. The summed E-state index contributed by atoms with van der Waals surface area (Å²) in [5.41, 5.74) is 4.36. The van der Waals surface area contributed by atoms with Crippen molar-refractivity contribution in [3.8, 4) is 0 Å². The molecule has 118 valence electrons. The third-order valence-electron chi connectivity index (χ3n) is 4.90. The highest BCUT2D eigenvalue weighted by Gasteiger charge is 2.29. The monoisotopic (exact) mass is 289 g/mol. The number of benzene rings is 1. The lowest BCUT2D eigenvalue weighted by molar-refractivity contribution is 0.0880. The first-order chi connectivity index (χ1) is 10.0. The van der Waals surface area contributed by atoms with Gasteiger partial charge in [0.15, 0.2) is 0 Å². The van der Waals surface area contributed by atoms with Gasteiger partial charge in [0.05, 0.1) is 0 Å². The van der Waals surface area contributed by atoms with Gasteiger partial charge in [-0.05, 0) is 57.6 Å². The Labute approximate surface area is 130 Å². The van der Waals surface area contributed by atoms with E-state index in [0.29, 0.717) is 12.1 Å². The van der Waals surface area contributed by atoms with Crippen molar-refractivity contribution >= 4 is 0 Å². The van der Waals surface area contributed by atoms with E-state index in [1.54, 1.807) is 0 Å². The summed E-state index contributed by atoms with van der Waals surface area (Å²) < 4.78 is 0. The van der Waals surface area contributed by atoms with E-state index in [0.717, 1.165) is 26.1 Å². The van der Waals surface area contributed by atoms with Crippen LogP contribution in [0.1, 0.15) is 23.6 Å². The molecule has 1 heterocycles. The van der Waals surface area contributed by atoms with Crippen molar-refractivity contribution in [2.45, 2.75) is 39.3 Å². The summed E-state index contributed by atoms with van der Waals surface area (Å²) in [6.45, 7) is 11.2. The van der Waals surface area contributed by atoms with Gasteiger partial charge in [0.25, 0.3) is 0 Å². The molecule has 2 atom stereocenters. The Morgan fingerprint density at radius 2 is 1.86 bits per heavy atom. The zero-order chi connectivity index (χ0) is 15.4. The van der Waals surface area contributed by atoms with Crippen LogP contribution in [0.3, 0.4) is 0 Å². The summed E-state index contributed by atoms with van der Waals surface area (Å²) in [5.74, 6) is 0. The second-order valence-corrected chi connectivity index (χ2v) is 6.55. The van der Waals surface area contributed by atoms with E-state index in [9.17, 15) is 0 Å². The largest absolute Gasteiger partial charge is 0.312 e. The van der Waals surface area contributed by atoms with Crippen molar-refractivity contribution in [1.82, 2.24) is 15.1 Å². The van der Waals surface area contributed by atoms with Crippen LogP contribution in [0.25, 0.3) is 0 Å². The molecule has 1 fully saturated rings. The fraction of sp³-hybridized carbons (Fsp3) is 0.667. The lowest BCUT2D eigenvalue weighted by Gasteiger charge is -2.42. The first kappa shape index (κ1) is 16.5. The number of hydrogen-bond donors (Lipinski definition) is 1. The number of nitrogens with zero attached hydrogens (tertiary/aromatic N) is 2. The highest BCUT2D eigenvalue weighted by atomic mass is 15.3. The smallest absolute Gasteiger partial charge is 0.0377 e. The van der Waals surface area contributed by atoms with Gasteiger partial charge in [-0.15, -0.1) is 0 Å². The molecule has 3 nitrogen and oxygen atoms in total. The average molecular weight is 289 g/mol. The highest BCUT2D eigenvalue weighted by molar-refractivity contribution is 5.34. The number of aryl methyl sites for hydroxylation is 2. The van der Waals surface area contributed by atoms with Gasteiger partial charge in [0, 0.05) is 31.7 Å². The molecule has 1 aliphatic heterocycles. The molecule has 1 N–H and O–H groups in total. The standard InChI is InChI=1S/C18H31N3/c1-6-19-17(18-13-20(4)10-11-21(18)5)12-16-14(2)8-7-9-15(16)3/h7-9,17-19H,6,10-13H2,1-5H3. The van der Waals surface area contributed by atoms with Crippen LogP contribution in [0.15, 0.2) is 18.2 Å². The number of rotatable bonds is 5. The molecule has 0 saturated carbocycles. The zero-order valence-electron chi connectivity index (χ0n) is 14.3. The van der Waals surface area contributed by atoms with E-state index in [-0.39, 0.29) is 0 Å². The molecule has 1 aliphatic rings. The summed E-state index contributed by atoms with van der Waals surface area (Å²) >= 11 is 0. The molecule has 1 aromatic rings. The Morgan fingerprint density at radius 1 is 1.19 bits per heavy atom. The van der Waals surface area contributed by atoms with Gasteiger partial charge in [-0.25, -0.2) is 0 Å². The second-order valence-electron chi connectivity index (χ2n) is 6.55. The molecule has 0 radical (unpaired) electrons. The van der Waals surface area contributed by atoms with E-state index in [2.05, 4.69) is 68.2 Å². The summed E-state index contributed by atoms with van der Waals surface area (Å²) in [6, 6.07) is 7.74. The van der Waals surface area contributed by atoms with E-state index in [1.807, 2.05) is 0 Å². The van der Waals surface area contributed by atoms with Gasteiger partial charge >= 0.3 is 0 Å². The van der Waals surface area contributed by atoms with Crippen LogP contribution in [0.4, 0.5) is 0 Å². The molecule has 0 aromatic heterocycles. The van der Waals surface area contributed by atoms with Gasteiger partial charge in [-0.1, -0.05) is 25.1 Å². The molecular formula is C18H31N3. The molecule has 0 bridgehead atoms. The molecule has 0 spiro atoms. The van der Waals surface area contributed by atoms with E-state index in [1.165, 1.54) is 23.2 Å². The Bertz CT molecular complexity index is 438. The first-order valence-electron chi connectivity index (χ1n) is 8.20. The Kier molecular flexibility index (Phi) is 5.80. The van der Waals surface area contributed by atoms with Crippen molar-refractivity contribution in [3.63, 3.8) is 0 Å². The summed E-state index contributed by atoms with van der Waals surface area (Å²) in [7, 11) is 4.51. The number of likely N-dealkylation sites (N-methyl/N-ethyl adjacent to an activating group) is 3. The molecule has 2 rings (SSSR count). The van der Waals surface area contributed by atoms with Gasteiger partial charge in [0.2, 0.25) is 0 Å². The molecule has 21 heavy (non-hydrogen) atoms. The molecule has 1 aromatic carbocycles. The Hall–Kier alpha value is -0.900. The van der Waals surface area contributed by atoms with Crippen molar-refractivity contribution in [2.75, 3.05) is 40.3 Å². The van der Waals surface area contributed by atoms with Crippen molar-refractivity contribution in [2.24, 2.45) is 0 Å². The number of nitrogens with one attached hydrogen (secondary N) is 1. The second kappa shape index (κ2) is 7.39. The van der Waals surface area contributed by atoms with E-state index >= 15 is 0 Å². The van der Waals surface area contributed by atoms with Gasteiger partial charge < -0.3 is 10.2 Å². The maximum atomic E-state index is 3.74. The predicted molar refractivity (Wildman–Crippen MR) is 91.0 cm³/mol. The van der Waals surface area contributed by atoms with Crippen LogP contribution in [-0.2, 0) is 6.42 Å². The summed E-state index contributed by atoms with van der Waals surface area (Å²) in [5, 5.41) is 3.74. The summed E-state index contributed by atoms with van der Waals surface area (Å²) in [4.78, 5) is 4.99. The van der Waals surface area contributed by atoms with E-state index < -0.39 is 0 Å². The maximum absolute atomic E-state index is 3.74. The van der Waals surface area contributed by atoms with Crippen molar-refractivity contribution < 1.29 is 0 Å². The molecule has 0 aliphatic carbocycles. The van der Waals surface area contributed by atoms with E-state index in [4.69, 9.17) is 0 Å². The molecule has 2 unspecified atom stereocenters. The normalized spacial score (nSPS) is 22.4. The number of hydrogen-bond acceptors (Lipinski definition) is 3. The van der Waals surface area contributed by atoms with Gasteiger partial charge in [-0.2, -0.15) is 0 Å². The highest BCUT2D eigenvalue weighted by Crippen LogP contribution is 2.19. The minimum absolute atomic E-state index is 0.516. The third kappa shape index (κ3) is 4.06. The molecular weight excluding hydrogens is 258 g/mol. The zero-order valence-corrected chi connectivity index (χ0v) is 14.3. The topological polar surface area (TPSA) is 18.5 Å². The van der Waals surface area contributed by atoms with Crippen LogP contribution < -0.4 is 5.32 Å². The van der Waals surface area contributed by atoms with Gasteiger partial charge in [-0.3, -0.25) is 4.90 Å². The SMILES string of the molecule is CCNC(Cc1c(C)cccc1C)C1CN(C)CCN1C. The Morgan fingerprint density at radius 3 is 2.48 bits per heavy atom. The van der Waals surface area contributed by atoms with Crippen LogP contribution in [0, 0.1) is 13.8 Å². The molecule has 1 saturated heterocycles. The molecule has 0 amide bonds. The van der Waals surface area contributed by atoms with Crippen LogP contribution in [0.5, 0.6) is 0 Å². The van der Waals surface area contributed by atoms with Crippen LogP contribution >= 0.6 is 0 Å². The van der Waals surface area contributed by atoms with Crippen LogP contribution in [-0.4, -0.2) is 62.2 Å². The Balaban J connectivity index is 2.18. The average Bonchev–Trinajstić information content (AvgIpc) is 2.44. The predicted octanol–water partition coefficient (Wildman–Crippen LogP) is 2.07.